The van der Waals surface area contributed by atoms with Gasteiger partial charge in [-0.2, -0.15) is 0 Å². The van der Waals surface area contributed by atoms with Crippen LogP contribution in [0.4, 0.5) is 0 Å². The second kappa shape index (κ2) is 12.0. The van der Waals surface area contributed by atoms with Gasteiger partial charge < -0.3 is 20.7 Å². The molecule has 0 spiro atoms. The van der Waals surface area contributed by atoms with Crippen LogP contribution in [0.3, 0.4) is 0 Å². The fourth-order valence-corrected chi connectivity index (χ4v) is 2.29. The monoisotopic (exact) mass is 301 g/mol. The lowest BCUT2D eigenvalue weighted by Crippen LogP contribution is -2.46. The molecule has 0 aliphatic rings. The summed E-state index contributed by atoms with van der Waals surface area (Å²) in [6, 6.07) is 0. The zero-order valence-electron chi connectivity index (χ0n) is 14.6. The van der Waals surface area contributed by atoms with E-state index >= 15 is 0 Å². The summed E-state index contributed by atoms with van der Waals surface area (Å²) in [5, 5.41) is 9.99. The molecule has 0 heterocycles. The number of nitrogens with one attached hydrogen (secondary N) is 3. The molecule has 0 radical (unpaired) electrons. The number of hydrogen-bond donors (Lipinski definition) is 3. The maximum absolute atomic E-state index is 12.7. The van der Waals surface area contributed by atoms with E-state index in [4.69, 9.17) is 4.74 Å². The van der Waals surface area contributed by atoms with Crippen molar-refractivity contribution in [1.82, 2.24) is 16.0 Å². The van der Waals surface area contributed by atoms with Gasteiger partial charge in [0.25, 0.3) is 0 Å². The molecule has 0 aliphatic carbocycles. The first-order chi connectivity index (χ1) is 10.0. The predicted molar refractivity (Wildman–Crippen MR) is 88.5 cm³/mol. The third kappa shape index (κ3) is 8.39. The van der Waals surface area contributed by atoms with Gasteiger partial charge in [0.05, 0.1) is 11.5 Å². The van der Waals surface area contributed by atoms with Crippen LogP contribution in [-0.4, -0.2) is 51.3 Å². The summed E-state index contributed by atoms with van der Waals surface area (Å²) in [4.78, 5) is 12.7. The molecule has 0 aromatic rings. The smallest absolute Gasteiger partial charge is 0.313 e. The topological polar surface area (TPSA) is 62.4 Å². The summed E-state index contributed by atoms with van der Waals surface area (Å²) in [5.41, 5.74) is -0.454. The molecule has 0 saturated carbocycles. The number of rotatable bonds is 13. The Labute approximate surface area is 130 Å². The van der Waals surface area contributed by atoms with Crippen LogP contribution in [0.25, 0.3) is 0 Å². The second-order valence-electron chi connectivity index (χ2n) is 5.72. The Morgan fingerprint density at radius 2 is 1.43 bits per heavy atom. The van der Waals surface area contributed by atoms with Crippen molar-refractivity contribution in [2.45, 2.75) is 53.6 Å². The van der Waals surface area contributed by atoms with Crippen molar-refractivity contribution in [2.75, 3.05) is 39.3 Å². The van der Waals surface area contributed by atoms with Gasteiger partial charge in [0, 0.05) is 6.54 Å². The Morgan fingerprint density at radius 1 is 0.952 bits per heavy atom. The molecule has 0 aliphatic heterocycles. The number of esters is 1. The van der Waals surface area contributed by atoms with E-state index in [2.05, 4.69) is 36.7 Å². The molecule has 0 bridgehead atoms. The summed E-state index contributed by atoms with van der Waals surface area (Å²) in [6.07, 6.45) is 1.52. The molecular weight excluding hydrogens is 266 g/mol. The zero-order valence-corrected chi connectivity index (χ0v) is 14.6. The van der Waals surface area contributed by atoms with Gasteiger partial charge in [-0.25, -0.2) is 0 Å². The molecular formula is C16H35N3O2. The van der Waals surface area contributed by atoms with Crippen LogP contribution in [0.1, 0.15) is 47.5 Å². The van der Waals surface area contributed by atoms with Gasteiger partial charge in [-0.15, -0.1) is 0 Å². The molecule has 5 nitrogen and oxygen atoms in total. The molecule has 126 valence electrons. The third-order valence-corrected chi connectivity index (χ3v) is 3.55. The third-order valence-electron chi connectivity index (χ3n) is 3.55. The lowest BCUT2D eigenvalue weighted by molar-refractivity contribution is -0.160. The van der Waals surface area contributed by atoms with Crippen molar-refractivity contribution in [3.05, 3.63) is 0 Å². The van der Waals surface area contributed by atoms with Crippen molar-refractivity contribution < 1.29 is 9.53 Å². The van der Waals surface area contributed by atoms with E-state index in [1.54, 1.807) is 0 Å². The van der Waals surface area contributed by atoms with Gasteiger partial charge in [0.1, 0.15) is 0 Å². The van der Waals surface area contributed by atoms with E-state index in [-0.39, 0.29) is 12.1 Å². The van der Waals surface area contributed by atoms with Crippen molar-refractivity contribution in [3.63, 3.8) is 0 Å². The van der Waals surface area contributed by atoms with Crippen LogP contribution in [0.5, 0.6) is 0 Å². The Bertz CT molecular complexity index is 260. The molecule has 0 rings (SSSR count). The van der Waals surface area contributed by atoms with Crippen LogP contribution < -0.4 is 16.0 Å². The predicted octanol–water partition coefficient (Wildman–Crippen LogP) is 1.53. The number of hydrogen-bond acceptors (Lipinski definition) is 5. The molecule has 21 heavy (non-hydrogen) atoms. The van der Waals surface area contributed by atoms with E-state index in [1.807, 2.05) is 13.8 Å². The number of ether oxygens (including phenoxy) is 1. The maximum Gasteiger partial charge on any atom is 0.313 e. The SMILES string of the molecule is CCNCCC(CCNCC)(CNCC)C(=O)OC(C)C. The highest BCUT2D eigenvalue weighted by Crippen LogP contribution is 2.28. The highest BCUT2D eigenvalue weighted by molar-refractivity contribution is 5.77. The summed E-state index contributed by atoms with van der Waals surface area (Å²) in [6.45, 7) is 15.1. The van der Waals surface area contributed by atoms with Crippen molar-refractivity contribution >= 4 is 5.97 Å². The van der Waals surface area contributed by atoms with Crippen LogP contribution >= 0.6 is 0 Å². The van der Waals surface area contributed by atoms with Crippen molar-refractivity contribution in [1.29, 1.82) is 0 Å². The summed E-state index contributed by atoms with van der Waals surface area (Å²) in [5.74, 6) is -0.0748. The average Bonchev–Trinajstić information content (AvgIpc) is 2.43. The zero-order chi connectivity index (χ0) is 16.1. The molecule has 5 heteroatoms. The lowest BCUT2D eigenvalue weighted by Gasteiger charge is -2.33. The number of carbonyl (C=O) groups is 1. The largest absolute Gasteiger partial charge is 0.463 e. The quantitative estimate of drug-likeness (QED) is 0.356. The van der Waals surface area contributed by atoms with Crippen LogP contribution in [0.15, 0.2) is 0 Å². The fourth-order valence-electron chi connectivity index (χ4n) is 2.29. The lowest BCUT2D eigenvalue weighted by atomic mass is 9.80. The van der Waals surface area contributed by atoms with Crippen molar-refractivity contribution in [3.8, 4) is 0 Å². The second-order valence-corrected chi connectivity index (χ2v) is 5.72. The highest BCUT2D eigenvalue weighted by Gasteiger charge is 2.39. The minimum Gasteiger partial charge on any atom is -0.463 e. The van der Waals surface area contributed by atoms with Crippen LogP contribution in [0.2, 0.25) is 0 Å². The highest BCUT2D eigenvalue weighted by atomic mass is 16.5. The van der Waals surface area contributed by atoms with Crippen LogP contribution in [-0.2, 0) is 9.53 Å². The summed E-state index contributed by atoms with van der Waals surface area (Å²) in [7, 11) is 0. The first kappa shape index (κ1) is 20.3. The molecule has 0 aromatic carbocycles. The average molecular weight is 301 g/mol. The van der Waals surface area contributed by atoms with E-state index in [0.29, 0.717) is 6.54 Å². The van der Waals surface area contributed by atoms with Crippen LogP contribution in [0, 0.1) is 5.41 Å². The molecule has 0 atom stereocenters. The van der Waals surface area contributed by atoms with Gasteiger partial charge in [0.15, 0.2) is 0 Å². The van der Waals surface area contributed by atoms with E-state index in [1.165, 1.54) is 0 Å². The normalized spacial score (nSPS) is 11.9. The van der Waals surface area contributed by atoms with Gasteiger partial charge in [-0.1, -0.05) is 20.8 Å². The van der Waals surface area contributed by atoms with Gasteiger partial charge in [0.2, 0.25) is 0 Å². The Morgan fingerprint density at radius 3 is 1.81 bits per heavy atom. The number of carbonyl (C=O) groups excluding carboxylic acids is 1. The maximum atomic E-state index is 12.7. The summed E-state index contributed by atoms with van der Waals surface area (Å²) < 4.78 is 5.54. The summed E-state index contributed by atoms with van der Waals surface area (Å²) >= 11 is 0. The van der Waals surface area contributed by atoms with Gasteiger partial charge in [-0.3, -0.25) is 4.79 Å². The van der Waals surface area contributed by atoms with Crippen molar-refractivity contribution in [2.24, 2.45) is 5.41 Å². The molecule has 3 N–H and O–H groups in total. The molecule has 0 fully saturated rings. The van der Waals surface area contributed by atoms with E-state index in [9.17, 15) is 4.79 Å². The Balaban J connectivity index is 4.92. The van der Waals surface area contributed by atoms with E-state index in [0.717, 1.165) is 45.6 Å². The molecule has 0 amide bonds. The first-order valence-electron chi connectivity index (χ1n) is 8.35. The molecule has 0 unspecified atom stereocenters. The molecule has 0 aromatic heterocycles. The Hall–Kier alpha value is -0.650. The van der Waals surface area contributed by atoms with Gasteiger partial charge >= 0.3 is 5.97 Å². The standard InChI is InChI=1S/C16H35N3O2/c1-6-17-11-9-16(13-19-8-3,10-12-18-7-2)15(20)21-14(4)5/h14,17-19H,6-13H2,1-5H3. The van der Waals surface area contributed by atoms with Gasteiger partial charge in [-0.05, 0) is 59.4 Å². The minimum absolute atomic E-state index is 0.0724. The fraction of sp³-hybridized carbons (Fsp3) is 0.938. The minimum atomic E-state index is -0.454. The Kier molecular flexibility index (Phi) is 11.6. The first-order valence-corrected chi connectivity index (χ1v) is 8.35. The van der Waals surface area contributed by atoms with E-state index < -0.39 is 5.41 Å². The molecule has 0 saturated heterocycles.